The summed E-state index contributed by atoms with van der Waals surface area (Å²) in [7, 11) is 0. The van der Waals surface area contributed by atoms with Crippen molar-refractivity contribution in [2.24, 2.45) is 0 Å². The van der Waals surface area contributed by atoms with Gasteiger partial charge in [-0.2, -0.15) is 0 Å². The molecule has 1 aliphatic heterocycles. The molecule has 0 spiro atoms. The zero-order valence-electron chi connectivity index (χ0n) is 6.60. The highest BCUT2D eigenvalue weighted by Crippen LogP contribution is 2.36. The first-order chi connectivity index (χ1) is 5.68. The fraction of sp³-hybridized carbons (Fsp3) is 0.333. The summed E-state index contributed by atoms with van der Waals surface area (Å²) in [5, 5.41) is 0. The maximum absolute atomic E-state index is 13.0. The van der Waals surface area contributed by atoms with E-state index in [0.29, 0.717) is 12.2 Å². The molecule has 1 nitrogen and oxygen atoms in total. The number of fused-ring (bicyclic) bond motifs is 1. The normalized spacial score (nSPS) is 20.4. The van der Waals surface area contributed by atoms with Crippen LogP contribution in [0.1, 0.15) is 18.4 Å². The lowest BCUT2D eigenvalue weighted by atomic mass is 10.0. The Morgan fingerprint density at radius 3 is 2.92 bits per heavy atom. The fourth-order valence-electron chi connectivity index (χ4n) is 1.40. The van der Waals surface area contributed by atoms with Gasteiger partial charge in [-0.1, -0.05) is 6.92 Å². The Hall–Kier alpha value is -1.12. The quantitative estimate of drug-likeness (QED) is 0.581. The van der Waals surface area contributed by atoms with Crippen molar-refractivity contribution in [1.82, 2.24) is 0 Å². The van der Waals surface area contributed by atoms with Crippen LogP contribution in [0.25, 0.3) is 0 Å². The van der Waals surface area contributed by atoms with E-state index in [1.807, 2.05) is 6.92 Å². The molecule has 0 amide bonds. The number of hydrogen-bond acceptors (Lipinski definition) is 1. The average molecular weight is 170 g/mol. The van der Waals surface area contributed by atoms with E-state index >= 15 is 0 Å². The second kappa shape index (κ2) is 2.44. The van der Waals surface area contributed by atoms with Crippen LogP contribution in [0, 0.1) is 11.6 Å². The molecule has 0 fully saturated rings. The number of ether oxygens (including phenoxy) is 1. The predicted octanol–water partition coefficient (Wildman–Crippen LogP) is 2.46. The fourth-order valence-corrected chi connectivity index (χ4v) is 1.40. The van der Waals surface area contributed by atoms with Crippen LogP contribution in [-0.4, -0.2) is 6.61 Å². The summed E-state index contributed by atoms with van der Waals surface area (Å²) in [6.07, 6.45) is 0. The molecule has 1 aromatic carbocycles. The summed E-state index contributed by atoms with van der Waals surface area (Å²) in [4.78, 5) is 0. The van der Waals surface area contributed by atoms with Gasteiger partial charge >= 0.3 is 0 Å². The van der Waals surface area contributed by atoms with Crippen LogP contribution < -0.4 is 4.74 Å². The predicted molar refractivity (Wildman–Crippen MR) is 40.3 cm³/mol. The first-order valence-electron chi connectivity index (χ1n) is 3.80. The summed E-state index contributed by atoms with van der Waals surface area (Å²) >= 11 is 0. The van der Waals surface area contributed by atoms with Gasteiger partial charge in [0.2, 0.25) is 0 Å². The van der Waals surface area contributed by atoms with Crippen LogP contribution in [0.3, 0.4) is 0 Å². The van der Waals surface area contributed by atoms with Crippen molar-refractivity contribution in [3.63, 3.8) is 0 Å². The molecule has 0 unspecified atom stereocenters. The number of benzene rings is 1. The lowest BCUT2D eigenvalue weighted by Gasteiger charge is -2.00. The Balaban J connectivity index is 2.60. The number of halogens is 2. The topological polar surface area (TPSA) is 9.23 Å². The van der Waals surface area contributed by atoms with Crippen molar-refractivity contribution in [3.8, 4) is 5.75 Å². The minimum atomic E-state index is -0.602. The Morgan fingerprint density at radius 2 is 2.17 bits per heavy atom. The van der Waals surface area contributed by atoms with E-state index in [9.17, 15) is 8.78 Å². The number of hydrogen-bond donors (Lipinski definition) is 0. The molecular formula is C9H8F2O. The monoisotopic (exact) mass is 170 g/mol. The maximum Gasteiger partial charge on any atom is 0.168 e. The summed E-state index contributed by atoms with van der Waals surface area (Å²) in [5.74, 6) is -0.841. The molecular weight excluding hydrogens is 162 g/mol. The van der Waals surface area contributed by atoms with Gasteiger partial charge in [0.05, 0.1) is 6.61 Å². The molecule has 1 atom stereocenters. The minimum absolute atomic E-state index is 0.0881. The van der Waals surface area contributed by atoms with E-state index in [1.165, 1.54) is 6.07 Å². The highest BCUT2D eigenvalue weighted by Gasteiger charge is 2.24. The zero-order valence-corrected chi connectivity index (χ0v) is 6.60. The van der Waals surface area contributed by atoms with E-state index in [0.717, 1.165) is 6.07 Å². The molecule has 1 aliphatic rings. The zero-order chi connectivity index (χ0) is 8.72. The molecule has 0 radical (unpaired) electrons. The van der Waals surface area contributed by atoms with Crippen molar-refractivity contribution < 1.29 is 13.5 Å². The van der Waals surface area contributed by atoms with Gasteiger partial charge in [-0.25, -0.2) is 8.78 Å². The number of rotatable bonds is 0. The summed E-state index contributed by atoms with van der Waals surface area (Å²) in [6.45, 7) is 2.32. The first-order valence-corrected chi connectivity index (χ1v) is 3.80. The van der Waals surface area contributed by atoms with Crippen LogP contribution in [0.15, 0.2) is 12.1 Å². The molecule has 0 aromatic heterocycles. The molecule has 2 rings (SSSR count). The molecule has 3 heteroatoms. The average Bonchev–Trinajstić information content (AvgIpc) is 2.33. The Bertz CT molecular complexity index is 323. The van der Waals surface area contributed by atoms with Gasteiger partial charge in [0.25, 0.3) is 0 Å². The lowest BCUT2D eigenvalue weighted by Crippen LogP contribution is -1.93. The van der Waals surface area contributed by atoms with Crippen molar-refractivity contribution in [3.05, 3.63) is 29.3 Å². The largest absolute Gasteiger partial charge is 0.490 e. The smallest absolute Gasteiger partial charge is 0.168 e. The van der Waals surface area contributed by atoms with Crippen LogP contribution in [0.4, 0.5) is 8.78 Å². The van der Waals surface area contributed by atoms with Crippen molar-refractivity contribution in [2.45, 2.75) is 12.8 Å². The highest BCUT2D eigenvalue weighted by atomic mass is 19.1. The molecule has 12 heavy (non-hydrogen) atoms. The third kappa shape index (κ3) is 0.967. The van der Waals surface area contributed by atoms with E-state index in [1.54, 1.807) is 0 Å². The van der Waals surface area contributed by atoms with Gasteiger partial charge in [-0.15, -0.1) is 0 Å². The van der Waals surface area contributed by atoms with Gasteiger partial charge < -0.3 is 4.74 Å². The molecule has 0 N–H and O–H groups in total. The third-order valence-corrected chi connectivity index (χ3v) is 2.05. The molecule has 64 valence electrons. The Kier molecular flexibility index (Phi) is 1.53. The third-order valence-electron chi connectivity index (χ3n) is 2.05. The van der Waals surface area contributed by atoms with E-state index < -0.39 is 11.6 Å². The SMILES string of the molecule is C[C@H]1COc2c(F)cc(F)cc21. The molecule has 1 heterocycles. The van der Waals surface area contributed by atoms with Crippen LogP contribution >= 0.6 is 0 Å². The standard InChI is InChI=1S/C9H8F2O/c1-5-4-12-9-7(5)2-6(10)3-8(9)11/h2-3,5H,4H2,1H3/t5-/m0/s1. The second-order valence-corrected chi connectivity index (χ2v) is 3.02. The van der Waals surface area contributed by atoms with Crippen molar-refractivity contribution >= 4 is 0 Å². The highest BCUT2D eigenvalue weighted by molar-refractivity contribution is 5.40. The van der Waals surface area contributed by atoms with Crippen molar-refractivity contribution in [1.29, 1.82) is 0 Å². The van der Waals surface area contributed by atoms with Crippen molar-refractivity contribution in [2.75, 3.05) is 6.61 Å². The first kappa shape index (κ1) is 7.53. The van der Waals surface area contributed by atoms with E-state index in [4.69, 9.17) is 4.74 Å². The Morgan fingerprint density at radius 1 is 1.42 bits per heavy atom. The van der Waals surface area contributed by atoms with Crippen LogP contribution in [0.2, 0.25) is 0 Å². The molecule has 0 aliphatic carbocycles. The van der Waals surface area contributed by atoms with E-state index in [-0.39, 0.29) is 11.7 Å². The van der Waals surface area contributed by atoms with E-state index in [2.05, 4.69) is 0 Å². The minimum Gasteiger partial charge on any atom is -0.490 e. The lowest BCUT2D eigenvalue weighted by molar-refractivity contribution is 0.322. The maximum atomic E-state index is 13.0. The Labute approximate surface area is 69.0 Å². The molecule has 1 aromatic rings. The summed E-state index contributed by atoms with van der Waals surface area (Å²) < 4.78 is 30.7. The van der Waals surface area contributed by atoms with Gasteiger partial charge in [0.1, 0.15) is 5.82 Å². The summed E-state index contributed by atoms with van der Waals surface area (Å²) in [5.41, 5.74) is 0.632. The van der Waals surface area contributed by atoms with Gasteiger partial charge in [-0.05, 0) is 6.07 Å². The van der Waals surface area contributed by atoms with Crippen LogP contribution in [0.5, 0.6) is 5.75 Å². The molecule has 0 bridgehead atoms. The second-order valence-electron chi connectivity index (χ2n) is 3.02. The van der Waals surface area contributed by atoms with Crippen LogP contribution in [-0.2, 0) is 0 Å². The summed E-state index contributed by atoms with van der Waals surface area (Å²) in [6, 6.07) is 2.17. The van der Waals surface area contributed by atoms with Gasteiger partial charge in [-0.3, -0.25) is 0 Å². The van der Waals surface area contributed by atoms with Gasteiger partial charge in [0.15, 0.2) is 11.6 Å². The molecule has 0 saturated carbocycles. The molecule has 0 saturated heterocycles. The van der Waals surface area contributed by atoms with Gasteiger partial charge in [0, 0.05) is 17.5 Å².